The van der Waals surface area contributed by atoms with Crippen LogP contribution >= 0.6 is 0 Å². The summed E-state index contributed by atoms with van der Waals surface area (Å²) >= 11 is 0. The summed E-state index contributed by atoms with van der Waals surface area (Å²) in [6.07, 6.45) is 13.4. The van der Waals surface area contributed by atoms with Gasteiger partial charge in [-0.15, -0.1) is 0 Å². The van der Waals surface area contributed by atoms with Gasteiger partial charge in [-0.3, -0.25) is 0 Å². The van der Waals surface area contributed by atoms with Crippen molar-refractivity contribution < 1.29 is 13.9 Å². The van der Waals surface area contributed by atoms with Gasteiger partial charge in [0, 0.05) is 5.56 Å². The van der Waals surface area contributed by atoms with Gasteiger partial charge in [-0.1, -0.05) is 82.3 Å². The quantitative estimate of drug-likeness (QED) is 0.149. The Morgan fingerprint density at radius 2 is 1.54 bits per heavy atom. The van der Waals surface area contributed by atoms with E-state index < -0.39 is 5.97 Å². The molecule has 0 N–H and O–H groups in total. The minimum atomic E-state index is -0.407. The number of carbonyl (C=O) groups excluding carboxylic acids is 1. The molecule has 1 saturated carbocycles. The highest BCUT2D eigenvalue weighted by molar-refractivity contribution is 5.91. The van der Waals surface area contributed by atoms with Crippen LogP contribution in [-0.4, -0.2) is 5.97 Å². The number of unbranched alkanes of at least 4 members (excludes halogenated alkanes) is 3. The number of benzene rings is 3. The molecular formula is C34H41FO2. The molecule has 0 heterocycles. The highest BCUT2D eigenvalue weighted by atomic mass is 19.1. The molecule has 0 spiro atoms. The van der Waals surface area contributed by atoms with Crippen LogP contribution in [0.25, 0.3) is 11.1 Å². The van der Waals surface area contributed by atoms with Crippen LogP contribution in [-0.2, 0) is 6.42 Å². The van der Waals surface area contributed by atoms with E-state index in [1.807, 2.05) is 30.3 Å². The van der Waals surface area contributed by atoms with Crippen molar-refractivity contribution >= 4 is 5.97 Å². The largest absolute Gasteiger partial charge is 0.423 e. The second kappa shape index (κ2) is 13.6. The van der Waals surface area contributed by atoms with E-state index in [2.05, 4.69) is 19.9 Å². The summed E-state index contributed by atoms with van der Waals surface area (Å²) in [5.41, 5.74) is 4.16. The van der Waals surface area contributed by atoms with Gasteiger partial charge in [0.1, 0.15) is 11.6 Å². The van der Waals surface area contributed by atoms with Crippen molar-refractivity contribution in [3.63, 3.8) is 0 Å². The molecule has 0 unspecified atom stereocenters. The minimum Gasteiger partial charge on any atom is -0.423 e. The molecule has 196 valence electrons. The molecule has 37 heavy (non-hydrogen) atoms. The summed E-state index contributed by atoms with van der Waals surface area (Å²) in [6, 6.07) is 20.5. The molecule has 0 saturated heterocycles. The van der Waals surface area contributed by atoms with E-state index in [-0.39, 0.29) is 5.82 Å². The predicted octanol–water partition coefficient (Wildman–Crippen LogP) is 9.91. The lowest BCUT2D eigenvalue weighted by molar-refractivity contribution is 0.0734. The van der Waals surface area contributed by atoms with Crippen LogP contribution in [0, 0.1) is 11.7 Å². The lowest BCUT2D eigenvalue weighted by Crippen LogP contribution is -2.13. The third-order valence-corrected chi connectivity index (χ3v) is 7.91. The first kappa shape index (κ1) is 27.1. The SMILES string of the molecule is CCCCCc1ccc(OC(=O)c2ccc(-c3ccc(C4CCC(CCCC)CC4)cc3F)cc2)cc1. The van der Waals surface area contributed by atoms with Gasteiger partial charge in [-0.2, -0.15) is 0 Å². The maximum atomic E-state index is 15.1. The summed E-state index contributed by atoms with van der Waals surface area (Å²) < 4.78 is 20.7. The van der Waals surface area contributed by atoms with E-state index >= 15 is 4.39 Å². The van der Waals surface area contributed by atoms with Crippen LogP contribution in [0.3, 0.4) is 0 Å². The molecule has 4 rings (SSSR count). The monoisotopic (exact) mass is 500 g/mol. The molecule has 3 heteroatoms. The second-order valence-electron chi connectivity index (χ2n) is 10.7. The van der Waals surface area contributed by atoms with Crippen molar-refractivity contribution in [2.45, 2.75) is 90.4 Å². The molecule has 3 aromatic rings. The van der Waals surface area contributed by atoms with Gasteiger partial charge in [0.2, 0.25) is 0 Å². The summed E-state index contributed by atoms with van der Waals surface area (Å²) in [5.74, 6) is 1.24. The van der Waals surface area contributed by atoms with Gasteiger partial charge >= 0.3 is 5.97 Å². The first-order valence-corrected chi connectivity index (χ1v) is 14.3. The summed E-state index contributed by atoms with van der Waals surface area (Å²) in [5, 5.41) is 0. The molecule has 1 fully saturated rings. The molecule has 0 atom stereocenters. The Kier molecular flexibility index (Phi) is 9.93. The normalized spacial score (nSPS) is 17.5. The number of ether oxygens (including phenoxy) is 1. The van der Waals surface area contributed by atoms with Crippen LogP contribution < -0.4 is 4.74 Å². The highest BCUT2D eigenvalue weighted by Gasteiger charge is 2.23. The van der Waals surface area contributed by atoms with Crippen LogP contribution in [0.5, 0.6) is 5.75 Å². The fraction of sp³-hybridized carbons (Fsp3) is 0.441. The number of hydrogen-bond acceptors (Lipinski definition) is 2. The molecular weight excluding hydrogens is 459 g/mol. The van der Waals surface area contributed by atoms with Crippen LogP contribution in [0.15, 0.2) is 66.7 Å². The van der Waals surface area contributed by atoms with Gasteiger partial charge in [0.05, 0.1) is 5.56 Å². The van der Waals surface area contributed by atoms with Crippen LogP contribution in [0.1, 0.15) is 105 Å². The second-order valence-corrected chi connectivity index (χ2v) is 10.7. The molecule has 0 radical (unpaired) electrons. The summed E-state index contributed by atoms with van der Waals surface area (Å²) in [7, 11) is 0. The lowest BCUT2D eigenvalue weighted by atomic mass is 9.77. The van der Waals surface area contributed by atoms with Crippen molar-refractivity contribution in [1.82, 2.24) is 0 Å². The van der Waals surface area contributed by atoms with Gasteiger partial charge in [0.25, 0.3) is 0 Å². The average molecular weight is 501 g/mol. The predicted molar refractivity (Wildman–Crippen MR) is 151 cm³/mol. The summed E-state index contributed by atoms with van der Waals surface area (Å²) in [4.78, 5) is 12.6. The molecule has 0 amide bonds. The van der Waals surface area contributed by atoms with Crippen molar-refractivity contribution in [3.8, 4) is 16.9 Å². The smallest absolute Gasteiger partial charge is 0.343 e. The molecule has 0 aliphatic heterocycles. The zero-order valence-electron chi connectivity index (χ0n) is 22.5. The first-order valence-electron chi connectivity index (χ1n) is 14.3. The zero-order valence-corrected chi connectivity index (χ0v) is 22.5. The topological polar surface area (TPSA) is 26.3 Å². The fourth-order valence-electron chi connectivity index (χ4n) is 5.55. The van der Waals surface area contributed by atoms with Crippen molar-refractivity contribution in [3.05, 3.63) is 89.2 Å². The summed E-state index contributed by atoms with van der Waals surface area (Å²) in [6.45, 7) is 4.45. The maximum absolute atomic E-state index is 15.1. The van der Waals surface area contributed by atoms with Gasteiger partial charge < -0.3 is 4.74 Å². The molecule has 1 aliphatic carbocycles. The molecule has 0 bridgehead atoms. The van der Waals surface area contributed by atoms with Crippen molar-refractivity contribution in [1.29, 1.82) is 0 Å². The van der Waals surface area contributed by atoms with Gasteiger partial charge in [0.15, 0.2) is 0 Å². The number of aryl methyl sites for hydroxylation is 1. The van der Waals surface area contributed by atoms with E-state index in [0.29, 0.717) is 22.8 Å². The molecule has 3 aromatic carbocycles. The maximum Gasteiger partial charge on any atom is 0.343 e. The Balaban J connectivity index is 1.34. The van der Waals surface area contributed by atoms with Gasteiger partial charge in [-0.05, 0) is 97.4 Å². The number of rotatable bonds is 11. The van der Waals surface area contributed by atoms with Crippen LogP contribution in [0.4, 0.5) is 4.39 Å². The number of esters is 1. The Hall–Kier alpha value is -2.94. The van der Waals surface area contributed by atoms with Crippen molar-refractivity contribution in [2.75, 3.05) is 0 Å². The van der Waals surface area contributed by atoms with E-state index in [9.17, 15) is 4.79 Å². The highest BCUT2D eigenvalue weighted by Crippen LogP contribution is 2.38. The fourth-order valence-corrected chi connectivity index (χ4v) is 5.55. The molecule has 1 aliphatic rings. The third-order valence-electron chi connectivity index (χ3n) is 7.91. The Morgan fingerprint density at radius 3 is 2.19 bits per heavy atom. The van der Waals surface area contributed by atoms with Crippen LogP contribution in [0.2, 0.25) is 0 Å². The third kappa shape index (κ3) is 7.53. The van der Waals surface area contributed by atoms with E-state index in [1.165, 1.54) is 56.9 Å². The number of carbonyl (C=O) groups is 1. The number of halogens is 1. The zero-order chi connectivity index (χ0) is 26.0. The Labute approximate surface area is 222 Å². The number of hydrogen-bond donors (Lipinski definition) is 0. The lowest BCUT2D eigenvalue weighted by Gasteiger charge is -2.29. The first-order chi connectivity index (χ1) is 18.1. The molecule has 0 aromatic heterocycles. The van der Waals surface area contributed by atoms with Crippen molar-refractivity contribution in [2.24, 2.45) is 5.92 Å². The standard InChI is InChI=1S/C34H41FO2/c1-3-5-7-9-26-12-21-31(22-13-26)37-34(36)29-18-16-28(17-19-29)32-23-20-30(24-33(32)35)27-14-10-25(11-15-27)8-6-4-2/h12-13,16-25,27H,3-11,14-15H2,1-2H3. The van der Waals surface area contributed by atoms with E-state index in [4.69, 9.17) is 4.74 Å². The molecule has 2 nitrogen and oxygen atoms in total. The Morgan fingerprint density at radius 1 is 0.838 bits per heavy atom. The minimum absolute atomic E-state index is 0.194. The van der Waals surface area contributed by atoms with E-state index in [1.54, 1.807) is 30.3 Å². The Bertz CT molecular complexity index is 1130. The van der Waals surface area contributed by atoms with Gasteiger partial charge in [-0.25, -0.2) is 9.18 Å². The van der Waals surface area contributed by atoms with E-state index in [0.717, 1.165) is 36.3 Å². The average Bonchev–Trinajstić information content (AvgIpc) is 2.93.